The molecule has 4 N–H and O–H groups in total. The standard InChI is InChI=1S/C20H28N4S/c1-3-4-11-16-24-18-19(25-16)17-14(8-5-7-13(2)12-21)9-6-10-15(17)23-20(18)22/h6,9-10,13H,3-5,7-8,11-12,21H2,1-2H3,(H2,22,23)/t13-/m1/s1. The van der Waals surface area contributed by atoms with Gasteiger partial charge in [0, 0.05) is 5.39 Å². The summed E-state index contributed by atoms with van der Waals surface area (Å²) in [5.41, 5.74) is 15.2. The lowest BCUT2D eigenvalue weighted by atomic mass is 9.98. The first-order chi connectivity index (χ1) is 12.1. The summed E-state index contributed by atoms with van der Waals surface area (Å²) >= 11 is 1.79. The first-order valence-corrected chi connectivity index (χ1v) is 10.1. The van der Waals surface area contributed by atoms with Gasteiger partial charge in [-0.05, 0) is 56.2 Å². The molecule has 0 aliphatic carbocycles. The number of nitrogens with zero attached hydrogens (tertiary/aromatic N) is 2. The summed E-state index contributed by atoms with van der Waals surface area (Å²) in [6, 6.07) is 6.36. The Labute approximate surface area is 153 Å². The first-order valence-electron chi connectivity index (χ1n) is 9.30. The van der Waals surface area contributed by atoms with Crippen molar-refractivity contribution in [3.8, 4) is 0 Å². The highest BCUT2D eigenvalue weighted by molar-refractivity contribution is 7.19. The van der Waals surface area contributed by atoms with Gasteiger partial charge in [-0.25, -0.2) is 9.97 Å². The minimum Gasteiger partial charge on any atom is -0.382 e. The number of anilines is 1. The van der Waals surface area contributed by atoms with Gasteiger partial charge in [0.2, 0.25) is 0 Å². The maximum atomic E-state index is 6.19. The van der Waals surface area contributed by atoms with Crippen molar-refractivity contribution in [3.05, 3.63) is 28.8 Å². The molecule has 0 unspecified atom stereocenters. The van der Waals surface area contributed by atoms with Gasteiger partial charge in [-0.3, -0.25) is 0 Å². The molecule has 0 fully saturated rings. The molecule has 0 aliphatic rings. The summed E-state index contributed by atoms with van der Waals surface area (Å²) in [4.78, 5) is 9.40. The number of benzene rings is 1. The number of unbranched alkanes of at least 4 members (excludes halogenated alkanes) is 1. The Bertz CT molecular complexity index is 856. The lowest BCUT2D eigenvalue weighted by Crippen LogP contribution is -2.10. The lowest BCUT2D eigenvalue weighted by Gasteiger charge is -2.10. The fraction of sp³-hybridized carbons (Fsp3) is 0.500. The second kappa shape index (κ2) is 8.11. The maximum absolute atomic E-state index is 6.19. The monoisotopic (exact) mass is 356 g/mol. The number of hydrogen-bond acceptors (Lipinski definition) is 5. The number of rotatable bonds is 8. The van der Waals surface area contributed by atoms with E-state index in [1.165, 1.54) is 27.1 Å². The van der Waals surface area contributed by atoms with E-state index in [2.05, 4.69) is 37.0 Å². The van der Waals surface area contributed by atoms with Crippen molar-refractivity contribution >= 4 is 38.3 Å². The molecular weight excluding hydrogens is 328 g/mol. The number of hydrogen-bond donors (Lipinski definition) is 2. The predicted molar refractivity (Wildman–Crippen MR) is 109 cm³/mol. The number of aryl methyl sites for hydroxylation is 2. The van der Waals surface area contributed by atoms with Crippen LogP contribution in [0.1, 0.15) is 50.1 Å². The fourth-order valence-corrected chi connectivity index (χ4v) is 4.44. The van der Waals surface area contributed by atoms with Crippen molar-refractivity contribution in [3.63, 3.8) is 0 Å². The molecule has 0 bridgehead atoms. The van der Waals surface area contributed by atoms with Crippen molar-refractivity contribution in [1.82, 2.24) is 9.97 Å². The minimum absolute atomic E-state index is 0.551. The highest BCUT2D eigenvalue weighted by Gasteiger charge is 2.15. The van der Waals surface area contributed by atoms with E-state index in [4.69, 9.17) is 16.5 Å². The van der Waals surface area contributed by atoms with Crippen LogP contribution in [0.15, 0.2) is 18.2 Å². The van der Waals surface area contributed by atoms with E-state index in [-0.39, 0.29) is 0 Å². The van der Waals surface area contributed by atoms with Gasteiger partial charge < -0.3 is 11.5 Å². The molecule has 25 heavy (non-hydrogen) atoms. The lowest BCUT2D eigenvalue weighted by molar-refractivity contribution is 0.521. The highest BCUT2D eigenvalue weighted by Crippen LogP contribution is 2.35. The van der Waals surface area contributed by atoms with Crippen molar-refractivity contribution in [2.45, 2.75) is 52.4 Å². The van der Waals surface area contributed by atoms with Gasteiger partial charge in [0.25, 0.3) is 0 Å². The number of fused-ring (bicyclic) bond motifs is 3. The van der Waals surface area contributed by atoms with Crippen molar-refractivity contribution in [1.29, 1.82) is 0 Å². The van der Waals surface area contributed by atoms with Crippen LogP contribution in [0.3, 0.4) is 0 Å². The summed E-state index contributed by atoms with van der Waals surface area (Å²) < 4.78 is 1.20. The minimum atomic E-state index is 0.551. The summed E-state index contributed by atoms with van der Waals surface area (Å²) in [5, 5.41) is 2.41. The number of nitrogen functional groups attached to an aromatic ring is 1. The predicted octanol–water partition coefficient (Wildman–Crippen LogP) is 4.69. The molecule has 134 valence electrons. The Hall–Kier alpha value is -1.72. The van der Waals surface area contributed by atoms with Gasteiger partial charge in [0.1, 0.15) is 5.52 Å². The van der Waals surface area contributed by atoms with E-state index in [1.54, 1.807) is 11.3 Å². The van der Waals surface area contributed by atoms with Crippen LogP contribution in [-0.4, -0.2) is 16.5 Å². The van der Waals surface area contributed by atoms with Gasteiger partial charge in [0.05, 0.1) is 15.2 Å². The molecule has 0 saturated heterocycles. The molecule has 3 rings (SSSR count). The van der Waals surface area contributed by atoms with E-state index in [0.717, 1.165) is 49.7 Å². The van der Waals surface area contributed by atoms with Crippen LogP contribution in [0, 0.1) is 5.92 Å². The normalized spacial score (nSPS) is 12.9. The number of thiazole rings is 1. The zero-order valence-corrected chi connectivity index (χ0v) is 16.0. The molecule has 3 aromatic rings. The Morgan fingerprint density at radius 2 is 2.00 bits per heavy atom. The van der Waals surface area contributed by atoms with Crippen LogP contribution >= 0.6 is 11.3 Å². The summed E-state index contributed by atoms with van der Waals surface area (Å²) in [6.07, 6.45) is 6.70. The summed E-state index contributed by atoms with van der Waals surface area (Å²) in [7, 11) is 0. The molecule has 2 heterocycles. The molecule has 1 atom stereocenters. The molecule has 0 spiro atoms. The molecule has 4 nitrogen and oxygen atoms in total. The van der Waals surface area contributed by atoms with Crippen LogP contribution in [-0.2, 0) is 12.8 Å². The molecule has 0 saturated carbocycles. The van der Waals surface area contributed by atoms with Crippen LogP contribution in [0.2, 0.25) is 0 Å². The Morgan fingerprint density at radius 3 is 2.76 bits per heavy atom. The van der Waals surface area contributed by atoms with E-state index in [9.17, 15) is 0 Å². The SMILES string of the molecule is CCCCc1nc2c(N)nc3cccc(CCC[C@@H](C)CN)c3c2s1. The van der Waals surface area contributed by atoms with Crippen molar-refractivity contribution in [2.24, 2.45) is 11.7 Å². The average molecular weight is 357 g/mol. The van der Waals surface area contributed by atoms with Gasteiger partial charge in [0.15, 0.2) is 5.82 Å². The van der Waals surface area contributed by atoms with Crippen LogP contribution in [0.25, 0.3) is 21.1 Å². The smallest absolute Gasteiger partial charge is 0.151 e. The Morgan fingerprint density at radius 1 is 1.16 bits per heavy atom. The average Bonchev–Trinajstić information content (AvgIpc) is 3.04. The third-order valence-corrected chi connectivity index (χ3v) is 5.93. The van der Waals surface area contributed by atoms with Gasteiger partial charge >= 0.3 is 0 Å². The highest BCUT2D eigenvalue weighted by atomic mass is 32.1. The Kier molecular flexibility index (Phi) is 5.86. The van der Waals surface area contributed by atoms with Crippen molar-refractivity contribution in [2.75, 3.05) is 12.3 Å². The third kappa shape index (κ3) is 3.93. The van der Waals surface area contributed by atoms with Crippen LogP contribution in [0.4, 0.5) is 5.82 Å². The van der Waals surface area contributed by atoms with E-state index < -0.39 is 0 Å². The Balaban J connectivity index is 2.01. The summed E-state index contributed by atoms with van der Waals surface area (Å²) in [6.45, 7) is 5.18. The molecule has 1 aromatic carbocycles. The second-order valence-electron chi connectivity index (χ2n) is 6.93. The number of pyridine rings is 1. The largest absolute Gasteiger partial charge is 0.382 e. The molecule has 0 radical (unpaired) electrons. The zero-order chi connectivity index (χ0) is 17.8. The third-order valence-electron chi connectivity index (χ3n) is 4.80. The van der Waals surface area contributed by atoms with Gasteiger partial charge in [-0.15, -0.1) is 11.3 Å². The van der Waals surface area contributed by atoms with E-state index in [1.807, 2.05) is 0 Å². The first kappa shape index (κ1) is 18.1. The second-order valence-corrected chi connectivity index (χ2v) is 8.01. The van der Waals surface area contributed by atoms with E-state index in [0.29, 0.717) is 11.7 Å². The molecule has 0 amide bonds. The van der Waals surface area contributed by atoms with Gasteiger partial charge in [-0.2, -0.15) is 0 Å². The molecule has 2 aromatic heterocycles. The zero-order valence-electron chi connectivity index (χ0n) is 15.2. The molecule has 5 heteroatoms. The topological polar surface area (TPSA) is 77.8 Å². The summed E-state index contributed by atoms with van der Waals surface area (Å²) in [5.74, 6) is 1.13. The quantitative estimate of drug-likeness (QED) is 0.614. The molecular formula is C20H28N4S. The van der Waals surface area contributed by atoms with Gasteiger partial charge in [-0.1, -0.05) is 32.4 Å². The number of aromatic nitrogens is 2. The number of nitrogens with two attached hydrogens (primary N) is 2. The molecule has 0 aliphatic heterocycles. The van der Waals surface area contributed by atoms with Crippen LogP contribution in [0.5, 0.6) is 0 Å². The maximum Gasteiger partial charge on any atom is 0.151 e. The van der Waals surface area contributed by atoms with Crippen molar-refractivity contribution < 1.29 is 0 Å². The van der Waals surface area contributed by atoms with Crippen LogP contribution < -0.4 is 11.5 Å². The van der Waals surface area contributed by atoms with E-state index >= 15 is 0 Å². The fourth-order valence-electron chi connectivity index (χ4n) is 3.23.